The van der Waals surface area contributed by atoms with Crippen molar-refractivity contribution in [2.45, 2.75) is 17.4 Å². The Hall–Kier alpha value is -3.11. The monoisotopic (exact) mass is 483 g/mol. The number of hydrogen-bond donors (Lipinski definition) is 1. The summed E-state index contributed by atoms with van der Waals surface area (Å²) in [6.45, 7) is 4.34. The highest BCUT2D eigenvalue weighted by atomic mass is 32.2. The summed E-state index contributed by atoms with van der Waals surface area (Å²) < 4.78 is 6.51. The van der Waals surface area contributed by atoms with Crippen molar-refractivity contribution in [2.75, 3.05) is 42.1 Å². The molecule has 2 heterocycles. The number of benzene rings is 2. The van der Waals surface area contributed by atoms with E-state index in [1.54, 1.807) is 6.92 Å². The molecule has 1 aromatic heterocycles. The standard InChI is InChI=1S/C23H25N5O3S2/c1-17(31-19-10-6-3-7-11-19)21(30)27-12-14-28(15-13-27)22-25-26-23(33-22)32-16-20(29)24-18-8-4-2-5-9-18/h2-11,17H,12-16H2,1H3,(H,24,29)/t17-/m0/s1. The molecule has 0 saturated carbocycles. The van der Waals surface area contributed by atoms with Gasteiger partial charge in [0, 0.05) is 31.9 Å². The van der Waals surface area contributed by atoms with Gasteiger partial charge in [0.15, 0.2) is 10.4 Å². The Morgan fingerprint density at radius 3 is 2.39 bits per heavy atom. The number of piperazine rings is 1. The highest BCUT2D eigenvalue weighted by Gasteiger charge is 2.27. The molecule has 0 aliphatic carbocycles. The van der Waals surface area contributed by atoms with E-state index in [1.807, 2.05) is 65.6 Å². The first kappa shape index (κ1) is 23.1. The number of nitrogens with one attached hydrogen (secondary N) is 1. The number of rotatable bonds is 8. The SMILES string of the molecule is C[C@H](Oc1ccccc1)C(=O)N1CCN(c2nnc(SCC(=O)Nc3ccccc3)s2)CC1. The number of aromatic nitrogens is 2. The number of carbonyl (C=O) groups excluding carboxylic acids is 2. The van der Waals surface area contributed by atoms with Crippen LogP contribution in [0.5, 0.6) is 5.75 Å². The van der Waals surface area contributed by atoms with E-state index in [9.17, 15) is 9.59 Å². The molecule has 172 valence electrons. The maximum atomic E-state index is 12.7. The third-order valence-electron chi connectivity index (χ3n) is 5.05. The first-order chi connectivity index (χ1) is 16.1. The molecular formula is C23H25N5O3S2. The molecule has 0 unspecified atom stereocenters. The average Bonchev–Trinajstić information content (AvgIpc) is 3.33. The molecule has 1 saturated heterocycles. The van der Waals surface area contributed by atoms with Crippen molar-refractivity contribution in [1.82, 2.24) is 15.1 Å². The van der Waals surface area contributed by atoms with Gasteiger partial charge in [0.1, 0.15) is 5.75 Å². The van der Waals surface area contributed by atoms with Crippen LogP contribution in [0.4, 0.5) is 10.8 Å². The zero-order chi connectivity index (χ0) is 23.0. The van der Waals surface area contributed by atoms with Gasteiger partial charge in [-0.2, -0.15) is 0 Å². The van der Waals surface area contributed by atoms with Gasteiger partial charge in [-0.15, -0.1) is 10.2 Å². The number of anilines is 2. The minimum atomic E-state index is -0.537. The second kappa shape index (κ2) is 11.2. The van der Waals surface area contributed by atoms with Gasteiger partial charge in [-0.25, -0.2) is 0 Å². The summed E-state index contributed by atoms with van der Waals surface area (Å²) in [5.74, 6) is 0.858. The van der Waals surface area contributed by atoms with E-state index in [2.05, 4.69) is 20.4 Å². The maximum Gasteiger partial charge on any atom is 0.263 e. The Morgan fingerprint density at radius 2 is 1.70 bits per heavy atom. The van der Waals surface area contributed by atoms with Crippen LogP contribution in [0.3, 0.4) is 0 Å². The zero-order valence-corrected chi connectivity index (χ0v) is 19.8. The fraction of sp³-hybridized carbons (Fsp3) is 0.304. The summed E-state index contributed by atoms with van der Waals surface area (Å²) in [4.78, 5) is 28.8. The fourth-order valence-corrected chi connectivity index (χ4v) is 5.06. The lowest BCUT2D eigenvalue weighted by Gasteiger charge is -2.35. The van der Waals surface area contributed by atoms with Gasteiger partial charge in [-0.1, -0.05) is 59.5 Å². The molecule has 4 rings (SSSR count). The normalized spacial score (nSPS) is 14.6. The smallest absolute Gasteiger partial charge is 0.263 e. The molecule has 2 aromatic carbocycles. The molecule has 0 spiro atoms. The topological polar surface area (TPSA) is 87.7 Å². The molecule has 1 N–H and O–H groups in total. The number of ether oxygens (including phenoxy) is 1. The Kier molecular flexibility index (Phi) is 7.79. The third-order valence-corrected chi connectivity index (χ3v) is 7.16. The van der Waals surface area contributed by atoms with Crippen LogP contribution in [0, 0.1) is 0 Å². The molecule has 3 aromatic rings. The summed E-state index contributed by atoms with van der Waals surface area (Å²) in [5.41, 5.74) is 0.775. The second-order valence-electron chi connectivity index (χ2n) is 7.44. The van der Waals surface area contributed by atoms with Gasteiger partial charge in [-0.3, -0.25) is 9.59 Å². The third kappa shape index (κ3) is 6.45. The summed E-state index contributed by atoms with van der Waals surface area (Å²) >= 11 is 2.83. The lowest BCUT2D eigenvalue weighted by atomic mass is 10.2. The summed E-state index contributed by atoms with van der Waals surface area (Å²) in [5, 5.41) is 12.2. The van der Waals surface area contributed by atoms with Crippen LogP contribution >= 0.6 is 23.1 Å². The van der Waals surface area contributed by atoms with Gasteiger partial charge in [-0.05, 0) is 31.2 Å². The predicted molar refractivity (Wildman–Crippen MR) is 131 cm³/mol. The molecule has 33 heavy (non-hydrogen) atoms. The molecule has 1 aliphatic rings. The quantitative estimate of drug-likeness (QED) is 0.492. The summed E-state index contributed by atoms with van der Waals surface area (Å²) in [7, 11) is 0. The van der Waals surface area contributed by atoms with Crippen LogP contribution in [0.1, 0.15) is 6.92 Å². The fourth-order valence-electron chi connectivity index (χ4n) is 3.36. The van der Waals surface area contributed by atoms with Gasteiger partial charge in [0.05, 0.1) is 5.75 Å². The van der Waals surface area contributed by atoms with Crippen LogP contribution < -0.4 is 15.0 Å². The number of hydrogen-bond acceptors (Lipinski definition) is 8. The van der Waals surface area contributed by atoms with E-state index >= 15 is 0 Å². The lowest BCUT2D eigenvalue weighted by molar-refractivity contribution is -0.138. The van der Waals surface area contributed by atoms with Gasteiger partial charge >= 0.3 is 0 Å². The second-order valence-corrected chi connectivity index (χ2v) is 9.62. The number of thioether (sulfide) groups is 1. The van der Waals surface area contributed by atoms with Crippen LogP contribution in [0.15, 0.2) is 65.0 Å². The molecular weight excluding hydrogens is 458 g/mol. The average molecular weight is 484 g/mol. The molecule has 8 nitrogen and oxygen atoms in total. The van der Waals surface area contributed by atoms with Crippen molar-refractivity contribution in [1.29, 1.82) is 0 Å². The van der Waals surface area contributed by atoms with Crippen molar-refractivity contribution < 1.29 is 14.3 Å². The highest BCUT2D eigenvalue weighted by molar-refractivity contribution is 8.01. The molecule has 0 radical (unpaired) electrons. The zero-order valence-electron chi connectivity index (χ0n) is 18.2. The largest absolute Gasteiger partial charge is 0.481 e. The Balaban J connectivity index is 1.22. The molecule has 1 fully saturated rings. The van der Waals surface area contributed by atoms with E-state index in [-0.39, 0.29) is 17.6 Å². The van der Waals surface area contributed by atoms with Crippen molar-refractivity contribution in [3.8, 4) is 5.75 Å². The molecule has 1 atom stereocenters. The van der Waals surface area contributed by atoms with Crippen molar-refractivity contribution in [3.05, 3.63) is 60.7 Å². The maximum absolute atomic E-state index is 12.7. The number of para-hydroxylation sites is 2. The highest BCUT2D eigenvalue weighted by Crippen LogP contribution is 2.29. The molecule has 2 amide bonds. The van der Waals surface area contributed by atoms with Gasteiger partial charge < -0.3 is 19.9 Å². The number of amides is 2. The first-order valence-electron chi connectivity index (χ1n) is 10.6. The number of nitrogens with zero attached hydrogens (tertiary/aromatic N) is 4. The molecule has 10 heteroatoms. The van der Waals surface area contributed by atoms with Gasteiger partial charge in [0.2, 0.25) is 11.0 Å². The first-order valence-corrected chi connectivity index (χ1v) is 12.5. The minimum absolute atomic E-state index is 0.0172. The van der Waals surface area contributed by atoms with E-state index in [0.29, 0.717) is 31.9 Å². The van der Waals surface area contributed by atoms with Crippen LogP contribution in [0.2, 0.25) is 0 Å². The predicted octanol–water partition coefficient (Wildman–Crippen LogP) is 3.39. The van der Waals surface area contributed by atoms with Crippen LogP contribution in [-0.2, 0) is 9.59 Å². The van der Waals surface area contributed by atoms with E-state index in [4.69, 9.17) is 4.74 Å². The Bertz CT molecular complexity index is 1060. The Labute approximate surface area is 201 Å². The van der Waals surface area contributed by atoms with Crippen LogP contribution in [0.25, 0.3) is 0 Å². The van der Waals surface area contributed by atoms with Crippen LogP contribution in [-0.4, -0.2) is 64.9 Å². The van der Waals surface area contributed by atoms with E-state index < -0.39 is 6.10 Å². The van der Waals surface area contributed by atoms with E-state index in [0.717, 1.165) is 15.2 Å². The van der Waals surface area contributed by atoms with Crippen molar-refractivity contribution in [3.63, 3.8) is 0 Å². The molecule has 0 bridgehead atoms. The Morgan fingerprint density at radius 1 is 1.03 bits per heavy atom. The number of carbonyl (C=O) groups is 2. The minimum Gasteiger partial charge on any atom is -0.481 e. The van der Waals surface area contributed by atoms with E-state index in [1.165, 1.54) is 23.1 Å². The van der Waals surface area contributed by atoms with Crippen molar-refractivity contribution >= 4 is 45.7 Å². The van der Waals surface area contributed by atoms with Gasteiger partial charge in [0.25, 0.3) is 5.91 Å². The molecule has 1 aliphatic heterocycles. The summed E-state index contributed by atoms with van der Waals surface area (Å²) in [6.07, 6.45) is -0.537. The van der Waals surface area contributed by atoms with Crippen molar-refractivity contribution in [2.24, 2.45) is 0 Å². The lowest BCUT2D eigenvalue weighted by Crippen LogP contribution is -2.52. The summed E-state index contributed by atoms with van der Waals surface area (Å²) in [6, 6.07) is 18.7.